The van der Waals surface area contributed by atoms with E-state index in [-0.39, 0.29) is 36.1 Å². The third kappa shape index (κ3) is 3.04. The van der Waals surface area contributed by atoms with Gasteiger partial charge < -0.3 is 10.2 Å². The maximum absolute atomic E-state index is 13.0. The van der Waals surface area contributed by atoms with E-state index < -0.39 is 17.6 Å². The van der Waals surface area contributed by atoms with E-state index in [0.29, 0.717) is 0 Å². The first-order valence-corrected chi connectivity index (χ1v) is 6.10. The van der Waals surface area contributed by atoms with Crippen molar-refractivity contribution in [3.8, 4) is 0 Å². The van der Waals surface area contributed by atoms with Crippen LogP contribution in [-0.4, -0.2) is 24.9 Å². The zero-order valence-electron chi connectivity index (χ0n) is 10.1. The Hall–Kier alpha value is -1.76. The van der Waals surface area contributed by atoms with E-state index in [2.05, 4.69) is 5.32 Å². The van der Waals surface area contributed by atoms with Gasteiger partial charge in [0.2, 0.25) is 11.8 Å². The van der Waals surface area contributed by atoms with Crippen LogP contribution in [0.3, 0.4) is 0 Å². The van der Waals surface area contributed by atoms with Gasteiger partial charge in [0.15, 0.2) is 0 Å². The summed E-state index contributed by atoms with van der Waals surface area (Å²) in [6.45, 7) is -0.422. The number of amides is 2. The number of nitrogens with zero attached hydrogens (tertiary/aromatic N) is 1. The molecule has 0 atom stereocenters. The van der Waals surface area contributed by atoms with Crippen LogP contribution in [0.4, 0.5) is 18.9 Å². The Bertz CT molecular complexity index is 560. The first-order chi connectivity index (χ1) is 9.29. The standard InChI is InChI=1S/C12H10ClF3N2O2/c13-7-1-2-9(8(5-7)12(14,15)16)18-4-3-10(19)17-6-11(18)20/h1-2,5H,3-4,6H2,(H,17,19). The molecule has 20 heavy (non-hydrogen) atoms. The molecule has 0 aromatic heterocycles. The third-order valence-corrected chi connectivity index (χ3v) is 3.09. The second kappa shape index (κ2) is 5.32. The van der Waals surface area contributed by atoms with Crippen molar-refractivity contribution in [2.45, 2.75) is 12.6 Å². The lowest BCUT2D eigenvalue weighted by Crippen LogP contribution is -2.36. The minimum atomic E-state index is -4.63. The molecule has 0 bridgehead atoms. The number of carbonyl (C=O) groups excluding carboxylic acids is 2. The Morgan fingerprint density at radius 1 is 1.25 bits per heavy atom. The van der Waals surface area contributed by atoms with Gasteiger partial charge in [0.05, 0.1) is 17.8 Å². The Balaban J connectivity index is 2.46. The maximum Gasteiger partial charge on any atom is 0.418 e. The number of benzene rings is 1. The highest BCUT2D eigenvalue weighted by Gasteiger charge is 2.36. The molecule has 2 amide bonds. The van der Waals surface area contributed by atoms with Crippen LogP contribution in [0.25, 0.3) is 0 Å². The summed E-state index contributed by atoms with van der Waals surface area (Å²) in [7, 11) is 0. The minimum absolute atomic E-state index is 0.0499. The summed E-state index contributed by atoms with van der Waals surface area (Å²) < 4.78 is 39.0. The second-order valence-electron chi connectivity index (χ2n) is 4.23. The third-order valence-electron chi connectivity index (χ3n) is 2.86. The van der Waals surface area contributed by atoms with E-state index in [1.807, 2.05) is 0 Å². The number of hydrogen-bond donors (Lipinski definition) is 1. The summed E-state index contributed by atoms with van der Waals surface area (Å²) in [4.78, 5) is 24.0. The van der Waals surface area contributed by atoms with Crippen LogP contribution in [0.15, 0.2) is 18.2 Å². The smallest absolute Gasteiger partial charge is 0.347 e. The Labute approximate surface area is 117 Å². The van der Waals surface area contributed by atoms with Crippen LogP contribution < -0.4 is 10.2 Å². The van der Waals surface area contributed by atoms with Gasteiger partial charge in [-0.25, -0.2) is 0 Å². The molecule has 8 heteroatoms. The van der Waals surface area contributed by atoms with Crippen LogP contribution >= 0.6 is 11.6 Å². The highest BCUT2D eigenvalue weighted by Crippen LogP contribution is 2.38. The topological polar surface area (TPSA) is 49.4 Å². The number of hydrogen-bond acceptors (Lipinski definition) is 2. The van der Waals surface area contributed by atoms with Gasteiger partial charge in [-0.3, -0.25) is 9.59 Å². The fourth-order valence-electron chi connectivity index (χ4n) is 1.92. The molecule has 1 aromatic rings. The predicted molar refractivity (Wildman–Crippen MR) is 66.4 cm³/mol. The van der Waals surface area contributed by atoms with Crippen molar-refractivity contribution < 1.29 is 22.8 Å². The average Bonchev–Trinajstić information content (AvgIpc) is 2.51. The number of alkyl halides is 3. The van der Waals surface area contributed by atoms with Gasteiger partial charge in [0.1, 0.15) is 0 Å². The molecule has 1 N–H and O–H groups in total. The fourth-order valence-corrected chi connectivity index (χ4v) is 2.09. The molecule has 0 saturated carbocycles. The molecule has 0 unspecified atom stereocenters. The van der Waals surface area contributed by atoms with E-state index in [9.17, 15) is 22.8 Å². The van der Waals surface area contributed by atoms with Crippen LogP contribution in [0.2, 0.25) is 5.02 Å². The molecule has 1 fully saturated rings. The van der Waals surface area contributed by atoms with Crippen molar-refractivity contribution in [3.63, 3.8) is 0 Å². The van der Waals surface area contributed by atoms with Gasteiger partial charge in [-0.2, -0.15) is 13.2 Å². The number of nitrogens with one attached hydrogen (secondary N) is 1. The molecule has 1 saturated heterocycles. The average molecular weight is 307 g/mol. The quantitative estimate of drug-likeness (QED) is 0.865. The number of rotatable bonds is 1. The molecule has 108 valence electrons. The summed E-state index contributed by atoms with van der Waals surface area (Å²) >= 11 is 5.58. The SMILES string of the molecule is O=C1CCN(c2ccc(Cl)cc2C(F)(F)F)C(=O)CN1. The van der Waals surface area contributed by atoms with Gasteiger partial charge in [0.25, 0.3) is 0 Å². The summed E-state index contributed by atoms with van der Waals surface area (Å²) in [5, 5.41) is 2.25. The van der Waals surface area contributed by atoms with E-state index in [1.54, 1.807) is 0 Å². The Morgan fingerprint density at radius 3 is 2.60 bits per heavy atom. The molecular weight excluding hydrogens is 297 g/mol. The van der Waals surface area contributed by atoms with Crippen LogP contribution in [0.1, 0.15) is 12.0 Å². The normalized spacial score (nSPS) is 16.9. The van der Waals surface area contributed by atoms with Gasteiger partial charge in [-0.15, -0.1) is 0 Å². The highest BCUT2D eigenvalue weighted by molar-refractivity contribution is 6.30. The number of carbonyl (C=O) groups is 2. The lowest BCUT2D eigenvalue weighted by atomic mass is 10.1. The zero-order chi connectivity index (χ0) is 14.9. The van der Waals surface area contributed by atoms with Gasteiger partial charge >= 0.3 is 6.18 Å². The van der Waals surface area contributed by atoms with E-state index in [0.717, 1.165) is 17.0 Å². The zero-order valence-corrected chi connectivity index (χ0v) is 10.9. The molecule has 2 rings (SSSR count). The van der Waals surface area contributed by atoms with Crippen molar-refractivity contribution in [1.82, 2.24) is 5.32 Å². The molecule has 1 aliphatic rings. The Kier molecular flexibility index (Phi) is 3.89. The van der Waals surface area contributed by atoms with E-state index >= 15 is 0 Å². The largest absolute Gasteiger partial charge is 0.418 e. The lowest BCUT2D eigenvalue weighted by molar-refractivity contribution is -0.137. The summed E-state index contributed by atoms with van der Waals surface area (Å²) in [6.07, 6.45) is -4.68. The maximum atomic E-state index is 13.0. The van der Waals surface area contributed by atoms with Crippen molar-refractivity contribution in [3.05, 3.63) is 28.8 Å². The summed E-state index contributed by atoms with van der Waals surface area (Å²) in [5.74, 6) is -0.966. The first-order valence-electron chi connectivity index (χ1n) is 5.73. The Morgan fingerprint density at radius 2 is 1.95 bits per heavy atom. The minimum Gasteiger partial charge on any atom is -0.347 e. The van der Waals surface area contributed by atoms with Crippen LogP contribution in [0.5, 0.6) is 0 Å². The summed E-state index contributed by atoms with van der Waals surface area (Å²) in [5.41, 5.74) is -1.28. The molecule has 1 aromatic carbocycles. The van der Waals surface area contributed by atoms with E-state index in [4.69, 9.17) is 11.6 Å². The second-order valence-corrected chi connectivity index (χ2v) is 4.67. The van der Waals surface area contributed by atoms with Gasteiger partial charge in [-0.05, 0) is 18.2 Å². The molecular formula is C12H10ClF3N2O2. The molecule has 0 spiro atoms. The van der Waals surface area contributed by atoms with Crippen molar-refractivity contribution in [2.24, 2.45) is 0 Å². The molecule has 0 radical (unpaired) electrons. The lowest BCUT2D eigenvalue weighted by Gasteiger charge is -2.24. The molecule has 1 aliphatic heterocycles. The van der Waals surface area contributed by atoms with Crippen LogP contribution in [-0.2, 0) is 15.8 Å². The monoisotopic (exact) mass is 306 g/mol. The highest BCUT2D eigenvalue weighted by atomic mass is 35.5. The van der Waals surface area contributed by atoms with Gasteiger partial charge in [0, 0.05) is 18.0 Å². The van der Waals surface area contributed by atoms with Crippen LogP contribution in [0, 0.1) is 0 Å². The van der Waals surface area contributed by atoms with Crippen molar-refractivity contribution in [2.75, 3.05) is 18.0 Å². The van der Waals surface area contributed by atoms with Gasteiger partial charge in [-0.1, -0.05) is 11.6 Å². The van der Waals surface area contributed by atoms with Crippen molar-refractivity contribution in [1.29, 1.82) is 0 Å². The summed E-state index contributed by atoms with van der Waals surface area (Å²) in [6, 6.07) is 3.18. The van der Waals surface area contributed by atoms with E-state index in [1.165, 1.54) is 6.07 Å². The molecule has 1 heterocycles. The fraction of sp³-hybridized carbons (Fsp3) is 0.333. The molecule has 0 aliphatic carbocycles. The van der Waals surface area contributed by atoms with Crippen molar-refractivity contribution >= 4 is 29.1 Å². The predicted octanol–water partition coefficient (Wildman–Crippen LogP) is 2.21. The number of anilines is 1. The molecule has 4 nitrogen and oxygen atoms in total. The number of halogens is 4. The first kappa shape index (κ1) is 14.6.